The Labute approximate surface area is 117 Å². The van der Waals surface area contributed by atoms with Crippen molar-refractivity contribution in [2.75, 3.05) is 6.54 Å². The highest BCUT2D eigenvalue weighted by Crippen LogP contribution is 2.00. The normalized spacial score (nSPS) is 9.45. The van der Waals surface area contributed by atoms with Crippen molar-refractivity contribution in [1.82, 2.24) is 15.3 Å². The van der Waals surface area contributed by atoms with E-state index >= 15 is 0 Å². The van der Waals surface area contributed by atoms with Crippen LogP contribution in [0.3, 0.4) is 0 Å². The minimum absolute atomic E-state index is 0.222. The molecule has 2 aromatic rings. The molecule has 5 heteroatoms. The van der Waals surface area contributed by atoms with Crippen molar-refractivity contribution in [3.63, 3.8) is 0 Å². The highest BCUT2D eigenvalue weighted by Gasteiger charge is 2.00. The maximum absolute atomic E-state index is 11.4. The van der Waals surface area contributed by atoms with Gasteiger partial charge in [0.1, 0.15) is 12.3 Å². The maximum atomic E-state index is 11.4. The molecule has 0 radical (unpaired) electrons. The van der Waals surface area contributed by atoms with Crippen molar-refractivity contribution in [3.8, 4) is 11.8 Å². The molecule has 2 rings (SSSR count). The zero-order valence-corrected chi connectivity index (χ0v) is 11.1. The summed E-state index contributed by atoms with van der Waals surface area (Å²) in [4.78, 5) is 18.4. The summed E-state index contributed by atoms with van der Waals surface area (Å²) in [7, 11) is 0. The Morgan fingerprint density at radius 3 is 2.90 bits per heavy atom. The first-order valence-corrected chi connectivity index (χ1v) is 6.19. The van der Waals surface area contributed by atoms with E-state index in [0.717, 1.165) is 11.3 Å². The van der Waals surface area contributed by atoms with Crippen LogP contribution < -0.4 is 5.32 Å². The number of hydrogen-bond acceptors (Lipinski definition) is 3. The number of amides is 1. The lowest BCUT2D eigenvalue weighted by atomic mass is 10.2. The summed E-state index contributed by atoms with van der Waals surface area (Å²) in [5.74, 6) is 5.67. The van der Waals surface area contributed by atoms with E-state index in [2.05, 4.69) is 27.1 Å². The molecule has 0 aliphatic carbocycles. The fourth-order valence-corrected chi connectivity index (χ4v) is 1.50. The van der Waals surface area contributed by atoms with Gasteiger partial charge < -0.3 is 15.0 Å². The molecule has 0 aliphatic heterocycles. The van der Waals surface area contributed by atoms with E-state index in [0.29, 0.717) is 5.69 Å². The summed E-state index contributed by atoms with van der Waals surface area (Å²) < 4.78 is 5.05. The van der Waals surface area contributed by atoms with Crippen molar-refractivity contribution in [2.45, 2.75) is 13.5 Å². The summed E-state index contributed by atoms with van der Waals surface area (Å²) in [5, 5.41) is 2.56. The first-order valence-electron chi connectivity index (χ1n) is 6.19. The second-order valence-electron chi connectivity index (χ2n) is 4.09. The van der Waals surface area contributed by atoms with Gasteiger partial charge in [0.05, 0.1) is 12.9 Å². The predicted octanol–water partition coefficient (Wildman–Crippen LogP) is 2.00. The summed E-state index contributed by atoms with van der Waals surface area (Å²) in [5.41, 5.74) is 2.54. The Morgan fingerprint density at radius 1 is 1.40 bits per heavy atom. The van der Waals surface area contributed by atoms with Crippen LogP contribution in [0.1, 0.15) is 17.0 Å². The van der Waals surface area contributed by atoms with Crippen LogP contribution in [0.25, 0.3) is 0 Å². The van der Waals surface area contributed by atoms with Gasteiger partial charge in [-0.3, -0.25) is 0 Å². The van der Waals surface area contributed by atoms with Crippen LogP contribution >= 0.6 is 0 Å². The van der Waals surface area contributed by atoms with Crippen LogP contribution in [0.5, 0.6) is 0 Å². The van der Waals surface area contributed by atoms with Crippen LogP contribution in [-0.4, -0.2) is 22.6 Å². The Hall–Kier alpha value is -2.74. The minimum atomic E-state index is -0.484. The van der Waals surface area contributed by atoms with Gasteiger partial charge in [0.15, 0.2) is 0 Å². The smallest absolute Gasteiger partial charge is 0.408 e. The molecule has 1 amide bonds. The summed E-state index contributed by atoms with van der Waals surface area (Å²) in [6.07, 6.45) is 1.10. The third-order valence-electron chi connectivity index (χ3n) is 2.57. The van der Waals surface area contributed by atoms with E-state index in [1.165, 1.54) is 0 Å². The largest absolute Gasteiger partial charge is 0.445 e. The number of rotatable bonds is 3. The minimum Gasteiger partial charge on any atom is -0.445 e. The number of hydrogen-bond donors (Lipinski definition) is 2. The summed E-state index contributed by atoms with van der Waals surface area (Å²) >= 11 is 0. The van der Waals surface area contributed by atoms with E-state index in [1.54, 1.807) is 6.33 Å². The number of nitrogens with zero attached hydrogens (tertiary/aromatic N) is 1. The molecule has 102 valence electrons. The average molecular weight is 269 g/mol. The zero-order chi connectivity index (χ0) is 14.2. The number of aromatic nitrogens is 2. The molecule has 1 aromatic carbocycles. The van der Waals surface area contributed by atoms with Crippen molar-refractivity contribution < 1.29 is 9.53 Å². The quantitative estimate of drug-likeness (QED) is 0.837. The highest BCUT2D eigenvalue weighted by molar-refractivity contribution is 5.67. The van der Waals surface area contributed by atoms with Gasteiger partial charge in [0.2, 0.25) is 0 Å². The molecule has 1 heterocycles. The fraction of sp³-hybridized carbons (Fsp3) is 0.200. The maximum Gasteiger partial charge on any atom is 0.408 e. The zero-order valence-electron chi connectivity index (χ0n) is 11.1. The van der Waals surface area contributed by atoms with Gasteiger partial charge in [-0.2, -0.15) is 0 Å². The van der Waals surface area contributed by atoms with E-state index in [4.69, 9.17) is 4.74 Å². The third-order valence-corrected chi connectivity index (χ3v) is 2.57. The molecule has 0 aliphatic rings. The number of carbonyl (C=O) groups is 1. The number of aromatic amines is 1. The number of nitrogens with one attached hydrogen (secondary N) is 2. The van der Waals surface area contributed by atoms with E-state index in [1.807, 2.05) is 37.3 Å². The molecule has 0 atom stereocenters. The topological polar surface area (TPSA) is 67.0 Å². The molecule has 0 fully saturated rings. The Kier molecular flexibility index (Phi) is 4.79. The van der Waals surface area contributed by atoms with E-state index < -0.39 is 6.09 Å². The Bertz CT molecular complexity index is 623. The number of imidazole rings is 1. The lowest BCUT2D eigenvalue weighted by Crippen LogP contribution is -2.24. The van der Waals surface area contributed by atoms with Crippen molar-refractivity contribution in [1.29, 1.82) is 0 Å². The van der Waals surface area contributed by atoms with Gasteiger partial charge in [0.25, 0.3) is 0 Å². The number of carbonyl (C=O) groups excluding carboxylic acids is 1. The molecule has 2 N–H and O–H groups in total. The number of ether oxygens (including phenoxy) is 1. The highest BCUT2D eigenvalue weighted by atomic mass is 16.5. The fourth-order valence-electron chi connectivity index (χ4n) is 1.50. The Balaban J connectivity index is 1.71. The molecule has 0 saturated carbocycles. The van der Waals surface area contributed by atoms with Gasteiger partial charge in [-0.25, -0.2) is 9.78 Å². The second-order valence-corrected chi connectivity index (χ2v) is 4.09. The van der Waals surface area contributed by atoms with Crippen molar-refractivity contribution in [3.05, 3.63) is 53.6 Å². The summed E-state index contributed by atoms with van der Waals surface area (Å²) in [6.45, 7) is 2.36. The van der Waals surface area contributed by atoms with Gasteiger partial charge in [-0.05, 0) is 18.4 Å². The predicted molar refractivity (Wildman–Crippen MR) is 74.8 cm³/mol. The standard InChI is InChI=1S/C15H15N3O2/c1-12-14(18-11-17-12)8-5-9-16-15(19)20-10-13-6-3-2-4-7-13/h2-4,6-7,11H,9-10H2,1H3,(H,16,19)(H,17,18). The molecule has 5 nitrogen and oxygen atoms in total. The van der Waals surface area contributed by atoms with Gasteiger partial charge in [0, 0.05) is 5.69 Å². The first-order chi connectivity index (χ1) is 9.75. The van der Waals surface area contributed by atoms with Crippen LogP contribution in [0.2, 0.25) is 0 Å². The van der Waals surface area contributed by atoms with Crippen LogP contribution in [0.15, 0.2) is 36.7 Å². The Morgan fingerprint density at radius 2 is 2.20 bits per heavy atom. The average Bonchev–Trinajstić information content (AvgIpc) is 2.88. The monoisotopic (exact) mass is 269 g/mol. The van der Waals surface area contributed by atoms with Crippen LogP contribution in [0.4, 0.5) is 4.79 Å². The second kappa shape index (κ2) is 7.00. The van der Waals surface area contributed by atoms with Crippen molar-refractivity contribution in [2.24, 2.45) is 0 Å². The number of H-pyrrole nitrogens is 1. The van der Waals surface area contributed by atoms with Crippen LogP contribution in [-0.2, 0) is 11.3 Å². The molecule has 0 bridgehead atoms. The molecule has 0 spiro atoms. The van der Waals surface area contributed by atoms with Gasteiger partial charge in [-0.15, -0.1) is 0 Å². The molecule has 1 aromatic heterocycles. The summed E-state index contributed by atoms with van der Waals surface area (Å²) in [6, 6.07) is 9.50. The van der Waals surface area contributed by atoms with Gasteiger partial charge >= 0.3 is 6.09 Å². The van der Waals surface area contributed by atoms with E-state index in [-0.39, 0.29) is 13.2 Å². The van der Waals surface area contributed by atoms with E-state index in [9.17, 15) is 4.79 Å². The van der Waals surface area contributed by atoms with Crippen molar-refractivity contribution >= 4 is 6.09 Å². The van der Waals surface area contributed by atoms with Crippen LogP contribution in [0, 0.1) is 18.8 Å². The molecule has 0 unspecified atom stereocenters. The first kappa shape index (κ1) is 13.7. The molecule has 20 heavy (non-hydrogen) atoms. The number of benzene rings is 1. The molecular weight excluding hydrogens is 254 g/mol. The molecule has 0 saturated heterocycles. The lowest BCUT2D eigenvalue weighted by Gasteiger charge is -2.04. The van der Waals surface area contributed by atoms with Gasteiger partial charge in [-0.1, -0.05) is 36.3 Å². The molecular formula is C15H15N3O2. The number of alkyl carbamates (subject to hydrolysis) is 1. The SMILES string of the molecule is Cc1[nH]cnc1C#CCNC(=O)OCc1ccccc1. The third kappa shape index (κ3) is 4.18. The number of aryl methyl sites for hydroxylation is 1. The lowest BCUT2D eigenvalue weighted by molar-refractivity contribution is 0.141.